The van der Waals surface area contributed by atoms with Gasteiger partial charge in [-0.25, -0.2) is 4.79 Å². The van der Waals surface area contributed by atoms with E-state index in [1.807, 2.05) is 52.0 Å². The SMILES string of the molecule is CCC(C)Oc1cccc(NC(C)C(=O)OC(C)(C)C)c1. The lowest BCUT2D eigenvalue weighted by atomic mass is 10.2. The Bertz CT molecular complexity index is 465. The third kappa shape index (κ3) is 6.52. The van der Waals surface area contributed by atoms with Crippen LogP contribution in [0.3, 0.4) is 0 Å². The van der Waals surface area contributed by atoms with Crippen LogP contribution in [0.1, 0.15) is 48.0 Å². The summed E-state index contributed by atoms with van der Waals surface area (Å²) in [6, 6.07) is 7.21. The molecule has 0 radical (unpaired) electrons. The number of ether oxygens (including phenoxy) is 2. The van der Waals surface area contributed by atoms with Gasteiger partial charge < -0.3 is 14.8 Å². The summed E-state index contributed by atoms with van der Waals surface area (Å²) in [5, 5.41) is 3.14. The summed E-state index contributed by atoms with van der Waals surface area (Å²) in [6.07, 6.45) is 1.12. The van der Waals surface area contributed by atoms with E-state index < -0.39 is 11.6 Å². The van der Waals surface area contributed by atoms with E-state index in [2.05, 4.69) is 12.2 Å². The highest BCUT2D eigenvalue weighted by molar-refractivity contribution is 5.79. The smallest absolute Gasteiger partial charge is 0.328 e. The molecular formula is C17H27NO3. The molecular weight excluding hydrogens is 266 g/mol. The Morgan fingerprint density at radius 1 is 1.29 bits per heavy atom. The van der Waals surface area contributed by atoms with Crippen molar-refractivity contribution in [2.45, 2.75) is 65.7 Å². The lowest BCUT2D eigenvalue weighted by Crippen LogP contribution is -2.34. The fourth-order valence-electron chi connectivity index (χ4n) is 1.67. The number of hydrogen-bond donors (Lipinski definition) is 1. The number of carbonyl (C=O) groups excluding carboxylic acids is 1. The van der Waals surface area contributed by atoms with Crippen LogP contribution in [0, 0.1) is 0 Å². The number of hydrogen-bond acceptors (Lipinski definition) is 4. The van der Waals surface area contributed by atoms with Crippen molar-refractivity contribution in [2.24, 2.45) is 0 Å². The number of rotatable bonds is 6. The third-order valence-electron chi connectivity index (χ3n) is 2.89. The van der Waals surface area contributed by atoms with Crippen molar-refractivity contribution in [2.75, 3.05) is 5.32 Å². The Labute approximate surface area is 127 Å². The lowest BCUT2D eigenvalue weighted by Gasteiger charge is -2.23. The van der Waals surface area contributed by atoms with Crippen LogP contribution >= 0.6 is 0 Å². The molecule has 118 valence electrons. The number of nitrogens with one attached hydrogen (secondary N) is 1. The largest absolute Gasteiger partial charge is 0.491 e. The van der Waals surface area contributed by atoms with Gasteiger partial charge in [-0.2, -0.15) is 0 Å². The number of esters is 1. The van der Waals surface area contributed by atoms with Crippen LogP contribution in [0.5, 0.6) is 5.75 Å². The quantitative estimate of drug-likeness (QED) is 0.805. The molecule has 1 rings (SSSR count). The zero-order valence-corrected chi connectivity index (χ0v) is 13.9. The first-order chi connectivity index (χ1) is 9.71. The summed E-state index contributed by atoms with van der Waals surface area (Å²) in [4.78, 5) is 12.0. The second-order valence-electron chi connectivity index (χ2n) is 6.26. The fraction of sp³-hybridized carbons (Fsp3) is 0.588. The van der Waals surface area contributed by atoms with E-state index in [1.165, 1.54) is 0 Å². The average molecular weight is 293 g/mol. The molecule has 0 aliphatic carbocycles. The Morgan fingerprint density at radius 2 is 1.95 bits per heavy atom. The number of anilines is 1. The molecule has 0 aromatic heterocycles. The van der Waals surface area contributed by atoms with Gasteiger partial charge in [0.2, 0.25) is 0 Å². The van der Waals surface area contributed by atoms with Crippen molar-refractivity contribution >= 4 is 11.7 Å². The van der Waals surface area contributed by atoms with E-state index in [-0.39, 0.29) is 12.1 Å². The van der Waals surface area contributed by atoms with Crippen molar-refractivity contribution < 1.29 is 14.3 Å². The highest BCUT2D eigenvalue weighted by Gasteiger charge is 2.21. The van der Waals surface area contributed by atoms with Gasteiger partial charge in [-0.05, 0) is 53.2 Å². The summed E-state index contributed by atoms with van der Waals surface area (Å²) in [7, 11) is 0. The summed E-state index contributed by atoms with van der Waals surface area (Å²) >= 11 is 0. The summed E-state index contributed by atoms with van der Waals surface area (Å²) < 4.78 is 11.1. The zero-order valence-electron chi connectivity index (χ0n) is 13.9. The van der Waals surface area contributed by atoms with Crippen LogP contribution in [0.4, 0.5) is 5.69 Å². The van der Waals surface area contributed by atoms with E-state index in [1.54, 1.807) is 6.92 Å². The number of carbonyl (C=O) groups is 1. The number of benzene rings is 1. The molecule has 0 amide bonds. The maximum Gasteiger partial charge on any atom is 0.328 e. The fourth-order valence-corrected chi connectivity index (χ4v) is 1.67. The molecule has 0 aliphatic heterocycles. The molecule has 1 aromatic rings. The van der Waals surface area contributed by atoms with Gasteiger partial charge >= 0.3 is 5.97 Å². The molecule has 0 heterocycles. The predicted octanol–water partition coefficient (Wildman–Crippen LogP) is 4.01. The van der Waals surface area contributed by atoms with Crippen LogP contribution in [0.2, 0.25) is 0 Å². The van der Waals surface area contributed by atoms with Gasteiger partial charge in [0, 0.05) is 11.8 Å². The maximum absolute atomic E-state index is 12.0. The van der Waals surface area contributed by atoms with Gasteiger partial charge in [-0.1, -0.05) is 13.0 Å². The van der Waals surface area contributed by atoms with E-state index in [0.717, 1.165) is 17.9 Å². The van der Waals surface area contributed by atoms with Crippen molar-refractivity contribution in [1.29, 1.82) is 0 Å². The molecule has 4 heteroatoms. The summed E-state index contributed by atoms with van der Waals surface area (Å²) in [6.45, 7) is 11.5. The van der Waals surface area contributed by atoms with Gasteiger partial charge in [0.25, 0.3) is 0 Å². The minimum Gasteiger partial charge on any atom is -0.491 e. The van der Waals surface area contributed by atoms with Crippen LogP contribution in [-0.2, 0) is 9.53 Å². The lowest BCUT2D eigenvalue weighted by molar-refractivity contribution is -0.155. The Morgan fingerprint density at radius 3 is 2.52 bits per heavy atom. The van der Waals surface area contributed by atoms with Crippen molar-refractivity contribution in [3.63, 3.8) is 0 Å². The van der Waals surface area contributed by atoms with E-state index in [0.29, 0.717) is 0 Å². The molecule has 0 saturated heterocycles. The molecule has 0 spiro atoms. The standard InChI is InChI=1S/C17H27NO3/c1-7-12(2)20-15-10-8-9-14(11-15)18-13(3)16(19)21-17(4,5)6/h8-13,18H,7H2,1-6H3. The molecule has 4 nitrogen and oxygen atoms in total. The van der Waals surface area contributed by atoms with E-state index >= 15 is 0 Å². The van der Waals surface area contributed by atoms with Crippen molar-refractivity contribution in [3.05, 3.63) is 24.3 Å². The molecule has 1 N–H and O–H groups in total. The topological polar surface area (TPSA) is 47.6 Å². The molecule has 0 saturated carbocycles. The van der Waals surface area contributed by atoms with Crippen LogP contribution in [-0.4, -0.2) is 23.7 Å². The summed E-state index contributed by atoms with van der Waals surface area (Å²) in [5.41, 5.74) is 0.364. The highest BCUT2D eigenvalue weighted by Crippen LogP contribution is 2.20. The zero-order chi connectivity index (χ0) is 16.0. The molecule has 2 atom stereocenters. The molecule has 2 unspecified atom stereocenters. The first-order valence-corrected chi connectivity index (χ1v) is 7.47. The van der Waals surface area contributed by atoms with Crippen molar-refractivity contribution in [3.8, 4) is 5.75 Å². The first-order valence-electron chi connectivity index (χ1n) is 7.47. The van der Waals surface area contributed by atoms with Gasteiger partial charge in [-0.15, -0.1) is 0 Å². The third-order valence-corrected chi connectivity index (χ3v) is 2.89. The van der Waals surface area contributed by atoms with Gasteiger partial charge in [-0.3, -0.25) is 0 Å². The maximum atomic E-state index is 12.0. The minimum atomic E-state index is -0.478. The molecule has 1 aromatic carbocycles. The highest BCUT2D eigenvalue weighted by atomic mass is 16.6. The summed E-state index contributed by atoms with van der Waals surface area (Å²) in [5.74, 6) is 0.529. The first kappa shape index (κ1) is 17.3. The van der Waals surface area contributed by atoms with Crippen LogP contribution in [0.15, 0.2) is 24.3 Å². The van der Waals surface area contributed by atoms with Gasteiger partial charge in [0.15, 0.2) is 0 Å². The van der Waals surface area contributed by atoms with Gasteiger partial charge in [0.1, 0.15) is 17.4 Å². The average Bonchev–Trinajstić information content (AvgIpc) is 2.37. The molecule has 0 fully saturated rings. The van der Waals surface area contributed by atoms with Crippen molar-refractivity contribution in [1.82, 2.24) is 0 Å². The Hall–Kier alpha value is -1.71. The molecule has 21 heavy (non-hydrogen) atoms. The Balaban J connectivity index is 2.66. The predicted molar refractivity (Wildman–Crippen MR) is 85.8 cm³/mol. The normalized spacial score (nSPS) is 14.2. The minimum absolute atomic E-state index is 0.170. The molecule has 0 bridgehead atoms. The van der Waals surface area contributed by atoms with Gasteiger partial charge in [0.05, 0.1) is 6.10 Å². The molecule has 0 aliphatic rings. The monoisotopic (exact) mass is 293 g/mol. The Kier molecular flexibility index (Phi) is 6.06. The second-order valence-corrected chi connectivity index (χ2v) is 6.26. The van der Waals surface area contributed by atoms with Crippen LogP contribution in [0.25, 0.3) is 0 Å². The van der Waals surface area contributed by atoms with E-state index in [9.17, 15) is 4.79 Å². The van der Waals surface area contributed by atoms with E-state index in [4.69, 9.17) is 9.47 Å². The second kappa shape index (κ2) is 7.34. The van der Waals surface area contributed by atoms with Crippen LogP contribution < -0.4 is 10.1 Å².